The summed E-state index contributed by atoms with van der Waals surface area (Å²) in [6.45, 7) is 2.26. The second-order valence-corrected chi connectivity index (χ2v) is 9.20. The highest BCUT2D eigenvalue weighted by atomic mass is 127. The van der Waals surface area contributed by atoms with Crippen LogP contribution in [0, 0.1) is 5.92 Å². The number of nitrogens with one attached hydrogen (secondary N) is 2. The number of aromatic nitrogens is 1. The molecule has 0 spiro atoms. The van der Waals surface area contributed by atoms with E-state index in [0.29, 0.717) is 18.6 Å². The van der Waals surface area contributed by atoms with Crippen LogP contribution in [0.4, 0.5) is 0 Å². The molecule has 1 amide bonds. The molecule has 178 valence electrons. The van der Waals surface area contributed by atoms with Crippen LogP contribution < -0.4 is 15.4 Å². The quantitative estimate of drug-likeness (QED) is 0.317. The van der Waals surface area contributed by atoms with Crippen molar-refractivity contribution in [1.29, 1.82) is 0 Å². The number of nitrogens with zero attached hydrogens (tertiary/aromatic N) is 3. The molecule has 1 aromatic rings. The standard InChI is InChI=1S/C24H37N5O2.HI/c1-25-24(28-20-13-14-29(17-20)23(30)19-7-5-6-8-19)27-16-18-11-12-22(26-15-18)31-21-9-3-2-4-10-21;/h11-12,15,19-21H,2-10,13-14,16-17H2,1H3,(H2,25,27,28);1H. The Morgan fingerprint density at radius 2 is 1.88 bits per heavy atom. The molecule has 32 heavy (non-hydrogen) atoms. The monoisotopic (exact) mass is 555 g/mol. The Balaban J connectivity index is 0.00000289. The predicted octanol–water partition coefficient (Wildman–Crippen LogP) is 3.87. The summed E-state index contributed by atoms with van der Waals surface area (Å²) in [5.41, 5.74) is 1.09. The van der Waals surface area contributed by atoms with Gasteiger partial charge in [-0.3, -0.25) is 9.79 Å². The van der Waals surface area contributed by atoms with Crippen LogP contribution in [-0.4, -0.2) is 54.0 Å². The van der Waals surface area contributed by atoms with Crippen molar-refractivity contribution >= 4 is 35.8 Å². The first-order chi connectivity index (χ1) is 15.2. The van der Waals surface area contributed by atoms with E-state index in [9.17, 15) is 4.79 Å². The van der Waals surface area contributed by atoms with E-state index in [2.05, 4.69) is 26.7 Å². The van der Waals surface area contributed by atoms with Gasteiger partial charge in [-0.15, -0.1) is 24.0 Å². The zero-order chi connectivity index (χ0) is 21.5. The van der Waals surface area contributed by atoms with Crippen LogP contribution in [0.2, 0.25) is 0 Å². The highest BCUT2D eigenvalue weighted by molar-refractivity contribution is 14.0. The van der Waals surface area contributed by atoms with Crippen LogP contribution in [0.1, 0.15) is 69.8 Å². The summed E-state index contributed by atoms with van der Waals surface area (Å²) < 4.78 is 6.01. The molecular weight excluding hydrogens is 517 g/mol. The number of hydrogen-bond donors (Lipinski definition) is 2. The molecule has 2 aliphatic carbocycles. The number of amides is 1. The maximum atomic E-state index is 12.6. The lowest BCUT2D eigenvalue weighted by Gasteiger charge is -2.22. The van der Waals surface area contributed by atoms with Crippen molar-refractivity contribution in [1.82, 2.24) is 20.5 Å². The minimum absolute atomic E-state index is 0. The zero-order valence-electron chi connectivity index (χ0n) is 19.2. The normalized spacial score (nSPS) is 22.5. The first-order valence-corrected chi connectivity index (χ1v) is 12.1. The largest absolute Gasteiger partial charge is 0.474 e. The van der Waals surface area contributed by atoms with Crippen LogP contribution >= 0.6 is 24.0 Å². The lowest BCUT2D eigenvalue weighted by atomic mass is 9.98. The number of likely N-dealkylation sites (tertiary alicyclic amines) is 1. The molecule has 1 unspecified atom stereocenters. The summed E-state index contributed by atoms with van der Waals surface area (Å²) in [4.78, 5) is 23.5. The number of aliphatic imine (C=N–C) groups is 1. The van der Waals surface area contributed by atoms with E-state index in [1.807, 2.05) is 17.2 Å². The van der Waals surface area contributed by atoms with Gasteiger partial charge in [0, 0.05) is 50.9 Å². The van der Waals surface area contributed by atoms with Crippen LogP contribution in [0.25, 0.3) is 0 Å². The van der Waals surface area contributed by atoms with E-state index in [0.717, 1.165) is 62.6 Å². The third-order valence-corrected chi connectivity index (χ3v) is 6.87. The Bertz CT molecular complexity index is 745. The van der Waals surface area contributed by atoms with Gasteiger partial charge < -0.3 is 20.3 Å². The predicted molar refractivity (Wildman–Crippen MR) is 137 cm³/mol. The van der Waals surface area contributed by atoms with Gasteiger partial charge in [-0.05, 0) is 50.5 Å². The molecule has 1 aliphatic heterocycles. The maximum Gasteiger partial charge on any atom is 0.225 e. The van der Waals surface area contributed by atoms with Crippen molar-refractivity contribution in [2.45, 2.75) is 82.9 Å². The Morgan fingerprint density at radius 3 is 2.56 bits per heavy atom. The minimum Gasteiger partial charge on any atom is -0.474 e. The Hall–Kier alpha value is -1.58. The lowest BCUT2D eigenvalue weighted by molar-refractivity contribution is -0.134. The summed E-state index contributed by atoms with van der Waals surface area (Å²) >= 11 is 0. The van der Waals surface area contributed by atoms with Crippen molar-refractivity contribution in [3.63, 3.8) is 0 Å². The number of halogens is 1. The molecule has 2 heterocycles. The van der Waals surface area contributed by atoms with Crippen molar-refractivity contribution in [3.8, 4) is 5.88 Å². The number of carbonyl (C=O) groups excluding carboxylic acids is 1. The Kier molecular flexibility index (Phi) is 9.87. The smallest absolute Gasteiger partial charge is 0.225 e. The fourth-order valence-electron chi connectivity index (χ4n) is 5.02. The van der Waals surface area contributed by atoms with E-state index in [-0.39, 0.29) is 35.9 Å². The number of guanidine groups is 1. The van der Waals surface area contributed by atoms with E-state index >= 15 is 0 Å². The van der Waals surface area contributed by atoms with Crippen molar-refractivity contribution in [2.75, 3.05) is 20.1 Å². The SMILES string of the molecule is CN=C(NCc1ccc(OC2CCCCC2)nc1)NC1CCN(C(=O)C2CCCC2)C1.I. The highest BCUT2D eigenvalue weighted by Gasteiger charge is 2.32. The molecule has 1 aromatic heterocycles. The first kappa shape index (κ1) is 25.1. The number of carbonyl (C=O) groups is 1. The molecule has 2 N–H and O–H groups in total. The first-order valence-electron chi connectivity index (χ1n) is 12.1. The van der Waals surface area contributed by atoms with Gasteiger partial charge >= 0.3 is 0 Å². The van der Waals surface area contributed by atoms with Gasteiger partial charge in [-0.2, -0.15) is 0 Å². The summed E-state index contributed by atoms with van der Waals surface area (Å²) in [7, 11) is 1.78. The van der Waals surface area contributed by atoms with E-state index in [1.54, 1.807) is 7.05 Å². The molecule has 0 radical (unpaired) electrons. The fourth-order valence-corrected chi connectivity index (χ4v) is 5.02. The maximum absolute atomic E-state index is 12.6. The van der Waals surface area contributed by atoms with E-state index in [1.165, 1.54) is 32.1 Å². The molecule has 8 heteroatoms. The molecule has 2 saturated carbocycles. The van der Waals surface area contributed by atoms with Crippen LogP contribution in [0.3, 0.4) is 0 Å². The zero-order valence-corrected chi connectivity index (χ0v) is 21.6. The van der Waals surface area contributed by atoms with Crippen molar-refractivity contribution in [3.05, 3.63) is 23.9 Å². The Labute approximate surface area is 209 Å². The number of ether oxygens (including phenoxy) is 1. The molecule has 3 fully saturated rings. The van der Waals surface area contributed by atoms with Crippen molar-refractivity contribution in [2.24, 2.45) is 10.9 Å². The molecule has 7 nitrogen and oxygen atoms in total. The number of pyridine rings is 1. The minimum atomic E-state index is 0. The third kappa shape index (κ3) is 6.96. The van der Waals surface area contributed by atoms with Gasteiger partial charge in [-0.25, -0.2) is 4.98 Å². The van der Waals surface area contributed by atoms with Gasteiger partial charge in [0.2, 0.25) is 11.8 Å². The highest BCUT2D eigenvalue weighted by Crippen LogP contribution is 2.28. The van der Waals surface area contributed by atoms with E-state index in [4.69, 9.17) is 4.74 Å². The number of hydrogen-bond acceptors (Lipinski definition) is 4. The van der Waals surface area contributed by atoms with Gasteiger partial charge in [0.1, 0.15) is 6.10 Å². The molecular formula is C24H38IN5O2. The average molecular weight is 556 g/mol. The fraction of sp³-hybridized carbons (Fsp3) is 0.708. The summed E-state index contributed by atoms with van der Waals surface area (Å²) in [6.07, 6.45) is 13.8. The second kappa shape index (κ2) is 12.6. The molecule has 3 aliphatic rings. The summed E-state index contributed by atoms with van der Waals surface area (Å²) in [6, 6.07) is 4.27. The molecule has 0 aromatic carbocycles. The average Bonchev–Trinajstić information content (AvgIpc) is 3.50. The van der Waals surface area contributed by atoms with E-state index < -0.39 is 0 Å². The van der Waals surface area contributed by atoms with Gasteiger partial charge in [0.25, 0.3) is 0 Å². The molecule has 4 rings (SSSR count). The van der Waals surface area contributed by atoms with Gasteiger partial charge in [-0.1, -0.05) is 25.3 Å². The Morgan fingerprint density at radius 1 is 1.12 bits per heavy atom. The van der Waals surface area contributed by atoms with Crippen LogP contribution in [-0.2, 0) is 11.3 Å². The summed E-state index contributed by atoms with van der Waals surface area (Å²) in [5, 5.41) is 6.84. The second-order valence-electron chi connectivity index (χ2n) is 9.20. The van der Waals surface area contributed by atoms with Gasteiger partial charge in [0.15, 0.2) is 5.96 Å². The molecule has 1 saturated heterocycles. The van der Waals surface area contributed by atoms with Crippen LogP contribution in [0.15, 0.2) is 23.3 Å². The molecule has 0 bridgehead atoms. The van der Waals surface area contributed by atoms with Crippen molar-refractivity contribution < 1.29 is 9.53 Å². The topological polar surface area (TPSA) is 78.9 Å². The van der Waals surface area contributed by atoms with Gasteiger partial charge in [0.05, 0.1) is 0 Å². The van der Waals surface area contributed by atoms with Crippen LogP contribution in [0.5, 0.6) is 5.88 Å². The third-order valence-electron chi connectivity index (χ3n) is 6.87. The summed E-state index contributed by atoms with van der Waals surface area (Å²) in [5.74, 6) is 2.10. The number of rotatable bonds is 6. The molecule has 1 atom stereocenters. The lowest BCUT2D eigenvalue weighted by Crippen LogP contribution is -2.45.